The zero-order valence-electron chi connectivity index (χ0n) is 12.8. The van der Waals surface area contributed by atoms with E-state index < -0.39 is 17.8 Å². The summed E-state index contributed by atoms with van der Waals surface area (Å²) in [6.07, 6.45) is 1.17. The largest absolute Gasteiger partial charge is 0.506 e. The van der Waals surface area contributed by atoms with Crippen LogP contribution in [-0.2, 0) is 9.59 Å². The molecule has 1 fully saturated rings. The molecule has 132 valence electrons. The smallest absolute Gasteiger partial charge is 0.335 e. The maximum atomic E-state index is 12.7. The predicted octanol–water partition coefficient (Wildman–Crippen LogP) is 4.13. The monoisotopic (exact) mass is 454 g/mol. The molecule has 0 atom stereocenters. The number of hydrogen-bond donors (Lipinski definition) is 2. The molecule has 2 aromatic rings. The third-order valence-corrected chi connectivity index (χ3v) is 4.62. The van der Waals surface area contributed by atoms with Gasteiger partial charge in [-0.3, -0.25) is 14.9 Å². The Labute approximate surface area is 166 Å². The highest BCUT2D eigenvalue weighted by Gasteiger charge is 2.37. The number of barbiturate groups is 1. The lowest BCUT2D eigenvalue weighted by atomic mass is 10.1. The number of halogens is 3. The number of carbonyl (C=O) groups excluding carboxylic acids is 3. The van der Waals surface area contributed by atoms with Crippen molar-refractivity contribution < 1.29 is 19.5 Å². The van der Waals surface area contributed by atoms with E-state index >= 15 is 0 Å². The first kappa shape index (κ1) is 18.4. The summed E-state index contributed by atoms with van der Waals surface area (Å²) in [5.74, 6) is -1.91. The molecule has 4 amide bonds. The van der Waals surface area contributed by atoms with Gasteiger partial charge in [-0.15, -0.1) is 0 Å². The lowest BCUT2D eigenvalue weighted by molar-refractivity contribution is -0.122. The van der Waals surface area contributed by atoms with Crippen molar-refractivity contribution in [1.29, 1.82) is 0 Å². The van der Waals surface area contributed by atoms with Crippen molar-refractivity contribution in [3.63, 3.8) is 0 Å². The molecule has 0 bridgehead atoms. The molecule has 0 aromatic heterocycles. The fourth-order valence-corrected chi connectivity index (χ4v) is 3.29. The number of phenolic OH excluding ortho intramolecular Hbond substituents is 1. The fourth-order valence-electron chi connectivity index (χ4n) is 2.33. The van der Waals surface area contributed by atoms with E-state index in [-0.39, 0.29) is 27.6 Å². The molecular formula is C17H9BrCl2N2O4. The van der Waals surface area contributed by atoms with E-state index in [2.05, 4.69) is 21.2 Å². The van der Waals surface area contributed by atoms with E-state index in [1.807, 2.05) is 0 Å². The third-order valence-electron chi connectivity index (χ3n) is 3.54. The second-order valence-electron chi connectivity index (χ2n) is 5.26. The summed E-state index contributed by atoms with van der Waals surface area (Å²) in [6.45, 7) is 0. The molecule has 3 rings (SSSR count). The van der Waals surface area contributed by atoms with Crippen LogP contribution in [0.1, 0.15) is 5.56 Å². The Kier molecular flexibility index (Phi) is 5.04. The second-order valence-corrected chi connectivity index (χ2v) is 6.99. The Hall–Kier alpha value is -2.35. The number of phenols is 1. The van der Waals surface area contributed by atoms with E-state index in [9.17, 15) is 19.5 Å². The Morgan fingerprint density at radius 3 is 2.35 bits per heavy atom. The molecule has 1 heterocycles. The number of urea groups is 1. The predicted molar refractivity (Wildman–Crippen MR) is 101 cm³/mol. The first-order chi connectivity index (χ1) is 12.3. The number of nitrogens with zero attached hydrogens (tertiary/aromatic N) is 1. The molecule has 0 radical (unpaired) electrons. The summed E-state index contributed by atoms with van der Waals surface area (Å²) in [5.41, 5.74) is 0.0593. The second kappa shape index (κ2) is 7.11. The lowest BCUT2D eigenvalue weighted by Gasteiger charge is -2.26. The van der Waals surface area contributed by atoms with Crippen LogP contribution in [-0.4, -0.2) is 23.0 Å². The first-order valence-corrected chi connectivity index (χ1v) is 8.68. The highest BCUT2D eigenvalue weighted by Crippen LogP contribution is 2.33. The van der Waals surface area contributed by atoms with E-state index in [0.29, 0.717) is 9.50 Å². The number of rotatable bonds is 2. The molecule has 0 aliphatic carbocycles. The number of hydrogen-bond acceptors (Lipinski definition) is 4. The molecule has 0 unspecified atom stereocenters. The van der Waals surface area contributed by atoms with Crippen molar-refractivity contribution >= 4 is 68.7 Å². The normalized spacial score (nSPS) is 16.2. The average molecular weight is 456 g/mol. The van der Waals surface area contributed by atoms with Gasteiger partial charge in [0.05, 0.1) is 10.2 Å². The number of anilines is 1. The van der Waals surface area contributed by atoms with Gasteiger partial charge < -0.3 is 5.11 Å². The average Bonchev–Trinajstić information content (AvgIpc) is 2.57. The molecule has 1 aliphatic rings. The molecule has 9 heteroatoms. The van der Waals surface area contributed by atoms with E-state index in [1.165, 1.54) is 42.5 Å². The number of imide groups is 2. The molecule has 6 nitrogen and oxygen atoms in total. The number of aromatic hydroxyl groups is 1. The molecule has 0 saturated carbocycles. The molecular weight excluding hydrogens is 447 g/mol. The zero-order chi connectivity index (χ0) is 19.0. The topological polar surface area (TPSA) is 86.7 Å². The maximum Gasteiger partial charge on any atom is 0.335 e. The Morgan fingerprint density at radius 2 is 1.69 bits per heavy atom. The SMILES string of the molecule is O=C1NC(=O)N(c2ccc(Cl)cc2)C(=O)/C1=C\c1cc(Cl)cc(Br)c1O. The van der Waals surface area contributed by atoms with Crippen LogP contribution in [0.5, 0.6) is 5.75 Å². The molecule has 2 aromatic carbocycles. The molecule has 2 N–H and O–H groups in total. The van der Waals surface area contributed by atoms with E-state index in [4.69, 9.17) is 23.2 Å². The van der Waals surface area contributed by atoms with Gasteiger partial charge in [0.15, 0.2) is 0 Å². The van der Waals surface area contributed by atoms with Crippen LogP contribution >= 0.6 is 39.1 Å². The van der Waals surface area contributed by atoms with Crippen molar-refractivity contribution in [2.24, 2.45) is 0 Å². The zero-order valence-corrected chi connectivity index (χ0v) is 15.9. The summed E-state index contributed by atoms with van der Waals surface area (Å²) >= 11 is 14.9. The van der Waals surface area contributed by atoms with E-state index in [0.717, 1.165) is 4.90 Å². The third kappa shape index (κ3) is 3.46. The van der Waals surface area contributed by atoms with Gasteiger partial charge >= 0.3 is 6.03 Å². The standard InChI is InChI=1S/C17H9BrCl2N2O4/c18-13-7-10(20)5-8(14(13)23)6-12-15(24)21-17(26)22(16(12)25)11-3-1-9(19)2-4-11/h1-7,23H,(H,21,24,26)/b12-6-. The highest BCUT2D eigenvalue weighted by atomic mass is 79.9. The summed E-state index contributed by atoms with van der Waals surface area (Å²) in [6, 6.07) is 7.94. The summed E-state index contributed by atoms with van der Waals surface area (Å²) in [7, 11) is 0. The van der Waals surface area contributed by atoms with Crippen LogP contribution in [0.4, 0.5) is 10.5 Å². The number of benzene rings is 2. The Balaban J connectivity index is 2.07. The lowest BCUT2D eigenvalue weighted by Crippen LogP contribution is -2.54. The van der Waals surface area contributed by atoms with Gasteiger partial charge in [0.25, 0.3) is 11.8 Å². The summed E-state index contributed by atoms with van der Waals surface area (Å²) < 4.78 is 0.297. The molecule has 1 aliphatic heterocycles. The fraction of sp³-hybridized carbons (Fsp3) is 0. The maximum absolute atomic E-state index is 12.7. The quantitative estimate of drug-likeness (QED) is 0.526. The van der Waals surface area contributed by atoms with Crippen molar-refractivity contribution in [2.75, 3.05) is 4.90 Å². The minimum absolute atomic E-state index is 0.147. The summed E-state index contributed by atoms with van der Waals surface area (Å²) in [4.78, 5) is 37.8. The number of nitrogens with one attached hydrogen (secondary N) is 1. The molecule has 0 spiro atoms. The highest BCUT2D eigenvalue weighted by molar-refractivity contribution is 9.10. The van der Waals surface area contributed by atoms with Gasteiger partial charge in [0.1, 0.15) is 11.3 Å². The van der Waals surface area contributed by atoms with Crippen LogP contribution < -0.4 is 10.2 Å². The Morgan fingerprint density at radius 1 is 1.04 bits per heavy atom. The van der Waals surface area contributed by atoms with Crippen molar-refractivity contribution in [1.82, 2.24) is 5.32 Å². The van der Waals surface area contributed by atoms with Crippen LogP contribution in [0.2, 0.25) is 10.0 Å². The van der Waals surface area contributed by atoms with Crippen LogP contribution in [0.15, 0.2) is 46.4 Å². The number of carbonyl (C=O) groups is 3. The van der Waals surface area contributed by atoms with Gasteiger partial charge in [-0.2, -0.15) is 0 Å². The molecule has 26 heavy (non-hydrogen) atoms. The van der Waals surface area contributed by atoms with Gasteiger partial charge in [0.2, 0.25) is 0 Å². The van der Waals surface area contributed by atoms with Gasteiger partial charge in [-0.1, -0.05) is 23.2 Å². The Bertz CT molecular complexity index is 973. The minimum Gasteiger partial charge on any atom is -0.506 e. The number of amides is 4. The van der Waals surface area contributed by atoms with Crippen molar-refractivity contribution in [3.05, 3.63) is 62.1 Å². The van der Waals surface area contributed by atoms with Crippen molar-refractivity contribution in [3.8, 4) is 5.75 Å². The van der Waals surface area contributed by atoms with E-state index in [1.54, 1.807) is 0 Å². The van der Waals surface area contributed by atoms with Gasteiger partial charge in [-0.25, -0.2) is 9.69 Å². The summed E-state index contributed by atoms with van der Waals surface area (Å²) in [5, 5.41) is 12.9. The first-order valence-electron chi connectivity index (χ1n) is 7.13. The molecule has 1 saturated heterocycles. The minimum atomic E-state index is -0.879. The van der Waals surface area contributed by atoms with Crippen LogP contribution in [0.25, 0.3) is 6.08 Å². The van der Waals surface area contributed by atoms with Crippen LogP contribution in [0.3, 0.4) is 0 Å². The van der Waals surface area contributed by atoms with Gasteiger partial charge in [0, 0.05) is 15.6 Å². The van der Waals surface area contributed by atoms with Crippen LogP contribution in [0, 0.1) is 0 Å². The van der Waals surface area contributed by atoms with Crippen molar-refractivity contribution in [2.45, 2.75) is 0 Å². The van der Waals surface area contributed by atoms with Gasteiger partial charge in [-0.05, 0) is 58.4 Å².